The minimum absolute atomic E-state index is 0.558. The molecular weight excluding hydrogens is 274 g/mol. The van der Waals surface area contributed by atoms with Crippen LogP contribution >= 0.6 is 22.7 Å². The third kappa shape index (κ3) is 1.55. The highest BCUT2D eigenvalue weighted by molar-refractivity contribution is 7.26. The van der Waals surface area contributed by atoms with E-state index in [1.165, 1.54) is 27.5 Å². The summed E-state index contributed by atoms with van der Waals surface area (Å²) in [5, 5.41) is 5.42. The van der Waals surface area contributed by atoms with Crippen molar-refractivity contribution in [2.45, 2.75) is 0 Å². The summed E-state index contributed by atoms with van der Waals surface area (Å²) in [6.07, 6.45) is 1.54. The molecule has 5 heteroatoms. The van der Waals surface area contributed by atoms with E-state index in [2.05, 4.69) is 45.0 Å². The zero-order valence-electron chi connectivity index (χ0n) is 9.83. The van der Waals surface area contributed by atoms with E-state index < -0.39 is 0 Å². The van der Waals surface area contributed by atoms with Gasteiger partial charge in [-0.25, -0.2) is 9.97 Å². The van der Waals surface area contributed by atoms with Gasteiger partial charge in [-0.2, -0.15) is 11.3 Å². The van der Waals surface area contributed by atoms with E-state index in [0.717, 1.165) is 10.2 Å². The molecule has 0 bridgehead atoms. The van der Waals surface area contributed by atoms with Gasteiger partial charge in [-0.1, -0.05) is 12.1 Å². The fraction of sp³-hybridized carbons (Fsp3) is 0. The van der Waals surface area contributed by atoms with E-state index >= 15 is 0 Å². The van der Waals surface area contributed by atoms with Crippen LogP contribution < -0.4 is 5.73 Å². The van der Waals surface area contributed by atoms with Crippen LogP contribution in [0.5, 0.6) is 0 Å². The smallest absolute Gasteiger partial charge is 0.144 e. The normalized spacial score (nSPS) is 11.4. The molecule has 0 unspecified atom stereocenters. The molecule has 3 nitrogen and oxygen atoms in total. The molecule has 1 aromatic carbocycles. The summed E-state index contributed by atoms with van der Waals surface area (Å²) in [4.78, 5) is 8.50. The average Bonchev–Trinajstić information content (AvgIpc) is 3.06. The van der Waals surface area contributed by atoms with Gasteiger partial charge in [0.2, 0.25) is 0 Å². The van der Waals surface area contributed by atoms with Crippen LogP contribution in [-0.2, 0) is 0 Å². The van der Waals surface area contributed by atoms with E-state index in [-0.39, 0.29) is 0 Å². The van der Waals surface area contributed by atoms with Crippen LogP contribution in [0.1, 0.15) is 0 Å². The average molecular weight is 283 g/mol. The topological polar surface area (TPSA) is 51.8 Å². The van der Waals surface area contributed by atoms with Crippen LogP contribution in [0, 0.1) is 0 Å². The molecule has 0 atom stereocenters. The summed E-state index contributed by atoms with van der Waals surface area (Å²) in [7, 11) is 0. The Morgan fingerprint density at radius 2 is 2.05 bits per heavy atom. The molecule has 4 aromatic rings. The molecule has 0 aliphatic heterocycles. The second kappa shape index (κ2) is 4.01. The summed E-state index contributed by atoms with van der Waals surface area (Å²) >= 11 is 3.35. The quantitative estimate of drug-likeness (QED) is 0.571. The predicted octanol–water partition coefficient (Wildman–Crippen LogP) is 4.16. The van der Waals surface area contributed by atoms with E-state index in [0.29, 0.717) is 5.82 Å². The van der Waals surface area contributed by atoms with Crippen LogP contribution in [0.15, 0.2) is 41.4 Å². The van der Waals surface area contributed by atoms with Gasteiger partial charge in [0.25, 0.3) is 0 Å². The van der Waals surface area contributed by atoms with Gasteiger partial charge in [0.15, 0.2) is 0 Å². The van der Waals surface area contributed by atoms with Crippen molar-refractivity contribution in [3.8, 4) is 11.1 Å². The lowest BCUT2D eigenvalue weighted by Crippen LogP contribution is -1.90. The number of thiophene rings is 2. The molecule has 0 saturated heterocycles. The highest BCUT2D eigenvalue weighted by Crippen LogP contribution is 2.40. The lowest BCUT2D eigenvalue weighted by Gasteiger charge is -2.01. The zero-order chi connectivity index (χ0) is 12.8. The molecule has 0 fully saturated rings. The van der Waals surface area contributed by atoms with Crippen molar-refractivity contribution in [2.24, 2.45) is 0 Å². The number of nitrogens with two attached hydrogens (primary N) is 1. The van der Waals surface area contributed by atoms with E-state index in [9.17, 15) is 0 Å². The largest absolute Gasteiger partial charge is 0.382 e. The van der Waals surface area contributed by atoms with Gasteiger partial charge < -0.3 is 5.73 Å². The monoisotopic (exact) mass is 283 g/mol. The Bertz CT molecular complexity index is 878. The molecule has 0 amide bonds. The number of nitrogen functional groups attached to an aromatic ring is 1. The van der Waals surface area contributed by atoms with Gasteiger partial charge in [0.1, 0.15) is 12.1 Å². The molecule has 0 radical (unpaired) electrons. The molecule has 19 heavy (non-hydrogen) atoms. The van der Waals surface area contributed by atoms with Crippen molar-refractivity contribution >= 4 is 48.8 Å². The zero-order valence-corrected chi connectivity index (χ0v) is 11.5. The Labute approximate surface area is 117 Å². The number of hydrogen-bond donors (Lipinski definition) is 1. The predicted molar refractivity (Wildman–Crippen MR) is 82.6 cm³/mol. The Morgan fingerprint density at radius 1 is 1.11 bits per heavy atom. The molecule has 0 spiro atoms. The number of rotatable bonds is 1. The van der Waals surface area contributed by atoms with Gasteiger partial charge in [0, 0.05) is 10.1 Å². The number of fused-ring (bicyclic) bond motifs is 3. The molecule has 4 rings (SSSR count). The lowest BCUT2D eigenvalue weighted by molar-refractivity contribution is 1.24. The van der Waals surface area contributed by atoms with Crippen LogP contribution in [0.4, 0.5) is 5.82 Å². The standard InChI is InChI=1S/C14H9N3S2/c15-14-13-12(16-7-17-14)11-9(8-4-5-18-6-8)2-1-3-10(11)19-13/h1-7H,(H2,15,16,17). The Hall–Kier alpha value is -1.98. The van der Waals surface area contributed by atoms with Crippen molar-refractivity contribution in [1.29, 1.82) is 0 Å². The molecule has 3 aromatic heterocycles. The summed E-state index contributed by atoms with van der Waals surface area (Å²) in [5.74, 6) is 0.558. The van der Waals surface area contributed by atoms with Crippen molar-refractivity contribution < 1.29 is 0 Å². The highest BCUT2D eigenvalue weighted by Gasteiger charge is 2.13. The Morgan fingerprint density at radius 3 is 2.89 bits per heavy atom. The molecule has 0 aliphatic carbocycles. The van der Waals surface area contributed by atoms with Gasteiger partial charge in [0.05, 0.1) is 10.2 Å². The van der Waals surface area contributed by atoms with Crippen molar-refractivity contribution in [2.75, 3.05) is 5.73 Å². The maximum atomic E-state index is 5.95. The van der Waals surface area contributed by atoms with Gasteiger partial charge in [-0.15, -0.1) is 11.3 Å². The summed E-state index contributed by atoms with van der Waals surface area (Å²) in [6, 6.07) is 8.45. The van der Waals surface area contributed by atoms with Crippen LogP contribution in [0.2, 0.25) is 0 Å². The summed E-state index contributed by atoms with van der Waals surface area (Å²) in [6.45, 7) is 0. The first-order valence-corrected chi connectivity index (χ1v) is 7.55. The molecule has 0 aliphatic rings. The molecule has 92 valence electrons. The fourth-order valence-electron chi connectivity index (χ4n) is 2.29. The lowest BCUT2D eigenvalue weighted by atomic mass is 10.0. The fourth-order valence-corrected chi connectivity index (χ4v) is 4.03. The van der Waals surface area contributed by atoms with Crippen LogP contribution in [-0.4, -0.2) is 9.97 Å². The van der Waals surface area contributed by atoms with Crippen LogP contribution in [0.3, 0.4) is 0 Å². The van der Waals surface area contributed by atoms with Crippen molar-refractivity contribution in [3.05, 3.63) is 41.4 Å². The Balaban J connectivity index is 2.21. The number of benzene rings is 1. The molecule has 0 saturated carbocycles. The molecule has 2 N–H and O–H groups in total. The maximum Gasteiger partial charge on any atom is 0.144 e. The van der Waals surface area contributed by atoms with Crippen molar-refractivity contribution in [3.63, 3.8) is 0 Å². The molecule has 3 heterocycles. The first kappa shape index (κ1) is 10.9. The number of hydrogen-bond acceptors (Lipinski definition) is 5. The van der Waals surface area contributed by atoms with Gasteiger partial charge >= 0.3 is 0 Å². The third-order valence-electron chi connectivity index (χ3n) is 3.14. The molecular formula is C14H9N3S2. The number of aromatic nitrogens is 2. The number of nitrogens with zero attached hydrogens (tertiary/aromatic N) is 2. The minimum Gasteiger partial charge on any atom is -0.382 e. The van der Waals surface area contributed by atoms with E-state index in [1.807, 2.05) is 0 Å². The summed E-state index contributed by atoms with van der Waals surface area (Å²) in [5.41, 5.74) is 9.34. The SMILES string of the molecule is Nc1ncnc2c1sc1cccc(-c3ccsc3)c12. The third-order valence-corrected chi connectivity index (χ3v) is 4.99. The first-order chi connectivity index (χ1) is 9.34. The van der Waals surface area contributed by atoms with E-state index in [4.69, 9.17) is 5.73 Å². The summed E-state index contributed by atoms with van der Waals surface area (Å²) < 4.78 is 2.17. The second-order valence-corrected chi connectivity index (χ2v) is 6.06. The minimum atomic E-state index is 0.558. The first-order valence-electron chi connectivity index (χ1n) is 5.79. The van der Waals surface area contributed by atoms with Crippen molar-refractivity contribution in [1.82, 2.24) is 9.97 Å². The second-order valence-electron chi connectivity index (χ2n) is 4.23. The van der Waals surface area contributed by atoms with E-state index in [1.54, 1.807) is 22.7 Å². The Kier molecular flexibility index (Phi) is 2.30. The van der Waals surface area contributed by atoms with Gasteiger partial charge in [-0.05, 0) is 34.0 Å². The highest BCUT2D eigenvalue weighted by atomic mass is 32.1. The number of anilines is 1. The van der Waals surface area contributed by atoms with Crippen LogP contribution in [0.25, 0.3) is 31.4 Å². The van der Waals surface area contributed by atoms with Gasteiger partial charge in [-0.3, -0.25) is 0 Å². The maximum absolute atomic E-state index is 5.95.